The summed E-state index contributed by atoms with van der Waals surface area (Å²) in [6.07, 6.45) is 3.67. The van der Waals surface area contributed by atoms with Crippen molar-refractivity contribution in [2.24, 2.45) is 0 Å². The predicted molar refractivity (Wildman–Crippen MR) is 74.9 cm³/mol. The molecule has 0 atom stereocenters. The van der Waals surface area contributed by atoms with Gasteiger partial charge in [0.25, 0.3) is 11.8 Å². The lowest BCUT2D eigenvalue weighted by Gasteiger charge is -2.24. The molecule has 1 fully saturated rings. The van der Waals surface area contributed by atoms with Gasteiger partial charge in [0.2, 0.25) is 0 Å². The lowest BCUT2D eigenvalue weighted by atomic mass is 10.1. The molecule has 0 amide bonds. The third kappa shape index (κ3) is 2.28. The van der Waals surface area contributed by atoms with Gasteiger partial charge in [-0.3, -0.25) is 0 Å². The second-order valence-electron chi connectivity index (χ2n) is 4.98. The number of nitrogens with two attached hydrogens (primary N) is 1. The molecule has 5 heteroatoms. The van der Waals surface area contributed by atoms with Gasteiger partial charge in [0.15, 0.2) is 0 Å². The van der Waals surface area contributed by atoms with E-state index in [9.17, 15) is 0 Å². The molecule has 1 aromatic carbocycles. The summed E-state index contributed by atoms with van der Waals surface area (Å²) < 4.78 is 5.36. The monoisotopic (exact) mass is 258 g/mol. The number of rotatable bonds is 2. The zero-order chi connectivity index (χ0) is 13.2. The Bertz CT molecular complexity index is 573. The van der Waals surface area contributed by atoms with Crippen molar-refractivity contribution in [3.63, 3.8) is 0 Å². The molecule has 0 radical (unpaired) electrons. The van der Waals surface area contributed by atoms with E-state index in [2.05, 4.69) is 15.0 Å². The number of nitrogen functional groups attached to an aromatic ring is 1. The van der Waals surface area contributed by atoms with Crippen LogP contribution >= 0.6 is 0 Å². The van der Waals surface area contributed by atoms with E-state index in [1.807, 2.05) is 25.1 Å². The molecule has 0 bridgehead atoms. The maximum Gasteiger partial charge on any atom is 0.266 e. The van der Waals surface area contributed by atoms with Crippen molar-refractivity contribution < 1.29 is 4.52 Å². The Hall–Kier alpha value is -2.04. The van der Waals surface area contributed by atoms with Crippen LogP contribution in [0.3, 0.4) is 0 Å². The fraction of sp³-hybridized carbons (Fsp3) is 0.429. The number of para-hydroxylation sites is 1. The lowest BCUT2D eigenvalue weighted by molar-refractivity contribution is 0.426. The Labute approximate surface area is 112 Å². The number of piperidine rings is 1. The zero-order valence-corrected chi connectivity index (χ0v) is 11.1. The topological polar surface area (TPSA) is 68.2 Å². The summed E-state index contributed by atoms with van der Waals surface area (Å²) in [5.74, 6) is 1.18. The molecule has 0 saturated carbocycles. The number of nitrogens with zero attached hydrogens (tertiary/aromatic N) is 3. The van der Waals surface area contributed by atoms with E-state index in [0.717, 1.165) is 24.2 Å². The molecule has 0 unspecified atom stereocenters. The smallest absolute Gasteiger partial charge is 0.266 e. The third-order valence-corrected chi connectivity index (χ3v) is 3.61. The van der Waals surface area contributed by atoms with Gasteiger partial charge in [-0.1, -0.05) is 12.1 Å². The van der Waals surface area contributed by atoms with Crippen LogP contribution in [0.15, 0.2) is 22.7 Å². The van der Waals surface area contributed by atoms with E-state index in [0.29, 0.717) is 17.5 Å². The quantitative estimate of drug-likeness (QED) is 0.839. The molecule has 2 heterocycles. The average Bonchev–Trinajstić information content (AvgIpc) is 2.92. The molecule has 0 spiro atoms. The summed E-state index contributed by atoms with van der Waals surface area (Å²) >= 11 is 0. The van der Waals surface area contributed by atoms with Crippen LogP contribution in [0.2, 0.25) is 0 Å². The Morgan fingerprint density at radius 3 is 2.79 bits per heavy atom. The fourth-order valence-electron chi connectivity index (χ4n) is 2.41. The number of anilines is 2. The number of aromatic nitrogens is 2. The van der Waals surface area contributed by atoms with Gasteiger partial charge in [-0.15, -0.1) is 0 Å². The number of hydrogen-bond donors (Lipinski definition) is 1. The number of benzene rings is 1. The largest absolute Gasteiger partial charge is 0.398 e. The Kier molecular flexibility index (Phi) is 3.11. The number of hydrogen-bond acceptors (Lipinski definition) is 5. The van der Waals surface area contributed by atoms with Crippen LogP contribution in [0.25, 0.3) is 11.5 Å². The van der Waals surface area contributed by atoms with E-state index >= 15 is 0 Å². The highest BCUT2D eigenvalue weighted by molar-refractivity contribution is 5.73. The van der Waals surface area contributed by atoms with Crippen LogP contribution in [-0.4, -0.2) is 23.2 Å². The summed E-state index contributed by atoms with van der Waals surface area (Å²) in [6.45, 7) is 3.98. The van der Waals surface area contributed by atoms with Crippen LogP contribution in [-0.2, 0) is 0 Å². The van der Waals surface area contributed by atoms with E-state index in [1.165, 1.54) is 19.3 Å². The van der Waals surface area contributed by atoms with Gasteiger partial charge in [0.05, 0.1) is 5.56 Å². The minimum Gasteiger partial charge on any atom is -0.398 e. The summed E-state index contributed by atoms with van der Waals surface area (Å²) in [5.41, 5.74) is 8.60. The molecule has 100 valence electrons. The van der Waals surface area contributed by atoms with Crippen molar-refractivity contribution in [2.45, 2.75) is 26.2 Å². The van der Waals surface area contributed by atoms with Gasteiger partial charge in [0, 0.05) is 18.8 Å². The summed E-state index contributed by atoms with van der Waals surface area (Å²) in [6, 6.07) is 5.84. The van der Waals surface area contributed by atoms with Crippen LogP contribution in [0.4, 0.5) is 11.6 Å². The first-order valence-corrected chi connectivity index (χ1v) is 6.70. The van der Waals surface area contributed by atoms with Crippen LogP contribution in [0.5, 0.6) is 0 Å². The van der Waals surface area contributed by atoms with Crippen molar-refractivity contribution in [1.29, 1.82) is 0 Å². The first-order chi connectivity index (χ1) is 9.25. The number of aryl methyl sites for hydroxylation is 1. The van der Waals surface area contributed by atoms with Gasteiger partial charge in [-0.2, -0.15) is 4.98 Å². The highest BCUT2D eigenvalue weighted by atomic mass is 16.5. The normalized spacial score (nSPS) is 15.7. The highest BCUT2D eigenvalue weighted by Gasteiger charge is 2.18. The minimum absolute atomic E-state index is 0.502. The lowest BCUT2D eigenvalue weighted by Crippen LogP contribution is -2.30. The maximum absolute atomic E-state index is 6.06. The van der Waals surface area contributed by atoms with Crippen LogP contribution in [0, 0.1) is 6.92 Å². The maximum atomic E-state index is 6.06. The van der Waals surface area contributed by atoms with Crippen molar-refractivity contribution in [3.8, 4) is 11.5 Å². The predicted octanol–water partition coefficient (Wildman–Crippen LogP) is 2.62. The second kappa shape index (κ2) is 4.91. The summed E-state index contributed by atoms with van der Waals surface area (Å²) in [4.78, 5) is 6.64. The Morgan fingerprint density at radius 1 is 1.21 bits per heavy atom. The van der Waals surface area contributed by atoms with Gasteiger partial charge in [-0.05, 0) is 43.0 Å². The van der Waals surface area contributed by atoms with Gasteiger partial charge in [0.1, 0.15) is 0 Å². The average molecular weight is 258 g/mol. The molecule has 19 heavy (non-hydrogen) atoms. The third-order valence-electron chi connectivity index (χ3n) is 3.61. The minimum atomic E-state index is 0.502. The summed E-state index contributed by atoms with van der Waals surface area (Å²) in [5, 5.41) is 4.07. The van der Waals surface area contributed by atoms with E-state index in [1.54, 1.807) is 0 Å². The first kappa shape index (κ1) is 12.0. The van der Waals surface area contributed by atoms with E-state index < -0.39 is 0 Å². The molecule has 1 aromatic heterocycles. The van der Waals surface area contributed by atoms with Crippen molar-refractivity contribution >= 4 is 11.6 Å². The molecule has 2 aromatic rings. The SMILES string of the molecule is Cc1cccc(-c2nc(N3CCCCC3)no2)c1N. The van der Waals surface area contributed by atoms with Crippen LogP contribution < -0.4 is 10.6 Å². The second-order valence-corrected chi connectivity index (χ2v) is 4.98. The van der Waals surface area contributed by atoms with E-state index in [-0.39, 0.29) is 0 Å². The van der Waals surface area contributed by atoms with Gasteiger partial charge >= 0.3 is 0 Å². The molecule has 1 aliphatic rings. The van der Waals surface area contributed by atoms with Crippen molar-refractivity contribution in [3.05, 3.63) is 23.8 Å². The summed E-state index contributed by atoms with van der Waals surface area (Å²) in [7, 11) is 0. The molecule has 2 N–H and O–H groups in total. The Balaban J connectivity index is 1.90. The molecule has 5 nitrogen and oxygen atoms in total. The molecule has 1 saturated heterocycles. The van der Waals surface area contributed by atoms with Crippen LogP contribution in [0.1, 0.15) is 24.8 Å². The molecular weight excluding hydrogens is 240 g/mol. The first-order valence-electron chi connectivity index (χ1n) is 6.70. The molecule has 3 rings (SSSR count). The van der Waals surface area contributed by atoms with E-state index in [4.69, 9.17) is 10.3 Å². The molecule has 0 aliphatic carbocycles. The van der Waals surface area contributed by atoms with Crippen molar-refractivity contribution in [2.75, 3.05) is 23.7 Å². The van der Waals surface area contributed by atoms with Gasteiger partial charge in [-0.25, -0.2) is 0 Å². The standard InChI is InChI=1S/C14H18N4O/c1-10-6-5-7-11(12(10)15)13-16-14(17-19-13)18-8-3-2-4-9-18/h5-7H,2-4,8-9,15H2,1H3. The molecular formula is C14H18N4O. The fourth-order valence-corrected chi connectivity index (χ4v) is 2.41. The molecule has 1 aliphatic heterocycles. The highest BCUT2D eigenvalue weighted by Crippen LogP contribution is 2.28. The van der Waals surface area contributed by atoms with Gasteiger partial charge < -0.3 is 15.2 Å². The van der Waals surface area contributed by atoms with Crippen molar-refractivity contribution in [1.82, 2.24) is 10.1 Å². The Morgan fingerprint density at radius 2 is 2.00 bits per heavy atom. The zero-order valence-electron chi connectivity index (χ0n) is 11.1.